The summed E-state index contributed by atoms with van der Waals surface area (Å²) in [5.41, 5.74) is 0. The Morgan fingerprint density at radius 2 is 2.27 bits per heavy atom. The van der Waals surface area contributed by atoms with Crippen molar-refractivity contribution in [1.29, 1.82) is 0 Å². The lowest BCUT2D eigenvalue weighted by atomic mass is 9.50. The summed E-state index contributed by atoms with van der Waals surface area (Å²) < 4.78 is 18.8. The maximum absolute atomic E-state index is 13.3. The van der Waals surface area contributed by atoms with E-state index >= 15 is 0 Å². The third-order valence-corrected chi connectivity index (χ3v) is 2.60. The zero-order valence-corrected chi connectivity index (χ0v) is 7.51. The van der Waals surface area contributed by atoms with Gasteiger partial charge in [0.2, 0.25) is 0 Å². The highest BCUT2D eigenvalue weighted by Crippen LogP contribution is 2.30. The van der Waals surface area contributed by atoms with E-state index in [-0.39, 0.29) is 18.0 Å². The number of hydrogen-bond acceptors (Lipinski definition) is 1. The van der Waals surface area contributed by atoms with E-state index in [9.17, 15) is 4.39 Å². The number of alkyl halides is 1. The molecule has 1 heterocycles. The van der Waals surface area contributed by atoms with Crippen LogP contribution in [0.25, 0.3) is 0 Å². The molecular weight excluding hydrogens is 141 g/mol. The molecule has 1 aliphatic rings. The monoisotopic (exact) mass is 156 g/mol. The Labute approximate surface area is 69.3 Å². The molecule has 0 aromatic carbocycles. The molecule has 1 unspecified atom stereocenters. The van der Waals surface area contributed by atoms with Crippen molar-refractivity contribution in [2.75, 3.05) is 0 Å². The van der Waals surface area contributed by atoms with Crippen molar-refractivity contribution in [1.82, 2.24) is 0 Å². The minimum atomic E-state index is -0.745. The van der Waals surface area contributed by atoms with Gasteiger partial charge in [-0.05, 0) is 6.42 Å². The molecule has 0 saturated carbocycles. The zero-order valence-electron chi connectivity index (χ0n) is 7.51. The van der Waals surface area contributed by atoms with Crippen LogP contribution in [0, 0.1) is 5.92 Å². The summed E-state index contributed by atoms with van der Waals surface area (Å²) in [5.74, 6) is 0.0879. The van der Waals surface area contributed by atoms with E-state index in [1.54, 1.807) is 0 Å². The molecule has 0 aromatic heterocycles. The fourth-order valence-electron chi connectivity index (χ4n) is 1.76. The average Bonchev–Trinajstić information content (AvgIpc) is 2.30. The van der Waals surface area contributed by atoms with Crippen molar-refractivity contribution >= 4 is 14.9 Å². The minimum absolute atomic E-state index is 0.0879. The van der Waals surface area contributed by atoms with E-state index in [4.69, 9.17) is 4.74 Å². The molecule has 62 valence electrons. The van der Waals surface area contributed by atoms with E-state index in [0.717, 1.165) is 13.6 Å². The second-order valence-corrected chi connectivity index (χ2v) is 3.33. The lowest BCUT2D eigenvalue weighted by Gasteiger charge is -2.11. The zero-order chi connectivity index (χ0) is 8.43. The van der Waals surface area contributed by atoms with Crippen LogP contribution >= 0.6 is 0 Å². The van der Waals surface area contributed by atoms with Gasteiger partial charge in [0.1, 0.15) is 13.3 Å². The molecule has 1 rings (SSSR count). The molecule has 0 aromatic rings. The molecule has 0 spiro atoms. The Bertz CT molecular complexity index is 116. The van der Waals surface area contributed by atoms with Crippen LogP contribution in [0.1, 0.15) is 20.3 Å². The molecule has 4 atom stereocenters. The van der Waals surface area contributed by atoms with E-state index < -0.39 is 6.17 Å². The summed E-state index contributed by atoms with van der Waals surface area (Å²) in [7, 11) is 2.77. The highest BCUT2D eigenvalue weighted by atomic mass is 19.1. The molecule has 0 amide bonds. The minimum Gasteiger partial charge on any atom is -0.381 e. The highest BCUT2D eigenvalue weighted by molar-refractivity contribution is 6.90. The smallest absolute Gasteiger partial charge is 0.123 e. The van der Waals surface area contributed by atoms with Crippen LogP contribution in [0.15, 0.2) is 0 Å². The number of halogens is 1. The predicted molar refractivity (Wildman–Crippen MR) is 48.7 cm³/mol. The molecule has 0 radical (unpaired) electrons. The summed E-state index contributed by atoms with van der Waals surface area (Å²) >= 11 is 0. The molecule has 11 heavy (non-hydrogen) atoms. The Morgan fingerprint density at radius 3 is 2.55 bits per heavy atom. The molecular formula is C7H15B2FO. The van der Waals surface area contributed by atoms with Crippen molar-refractivity contribution in [2.45, 2.75) is 38.5 Å². The van der Waals surface area contributed by atoms with Gasteiger partial charge in [-0.1, -0.05) is 13.8 Å². The van der Waals surface area contributed by atoms with Crippen LogP contribution in [-0.4, -0.2) is 33.2 Å². The van der Waals surface area contributed by atoms with Crippen LogP contribution in [-0.2, 0) is 4.74 Å². The van der Waals surface area contributed by atoms with E-state index in [0.29, 0.717) is 0 Å². The molecule has 1 fully saturated rings. The van der Waals surface area contributed by atoms with Crippen LogP contribution < -0.4 is 0 Å². The molecule has 0 bridgehead atoms. The van der Waals surface area contributed by atoms with E-state index in [1.165, 1.54) is 0 Å². The summed E-state index contributed by atoms with van der Waals surface area (Å²) in [6.07, 6.45) is 0.331. The van der Waals surface area contributed by atoms with Crippen molar-refractivity contribution < 1.29 is 9.13 Å². The van der Waals surface area contributed by atoms with Gasteiger partial charge in [-0.15, -0.1) is 0 Å². The average molecular weight is 156 g/mol. The Kier molecular flexibility index (Phi) is 2.99. The highest BCUT2D eigenvalue weighted by Gasteiger charge is 2.39. The summed E-state index contributed by atoms with van der Waals surface area (Å²) in [4.78, 5) is 0. The molecule has 4 heteroatoms. The van der Waals surface area contributed by atoms with Gasteiger partial charge in [-0.2, -0.15) is 0 Å². The van der Waals surface area contributed by atoms with Gasteiger partial charge < -0.3 is 4.74 Å². The fourth-order valence-corrected chi connectivity index (χ4v) is 1.76. The van der Waals surface area contributed by atoms with Gasteiger partial charge in [0.25, 0.3) is 0 Å². The summed E-state index contributed by atoms with van der Waals surface area (Å²) in [5, 5.41) is 0. The molecule has 0 aliphatic carbocycles. The SMILES string of the molecule is BB[C@@H]1O[C@H](CC)[C@H](C)C1F. The molecule has 1 saturated heterocycles. The Morgan fingerprint density at radius 1 is 1.64 bits per heavy atom. The Hall–Kier alpha value is 0.0199. The van der Waals surface area contributed by atoms with Gasteiger partial charge in [0.15, 0.2) is 0 Å². The second kappa shape index (κ2) is 3.61. The Balaban J connectivity index is 2.53. The van der Waals surface area contributed by atoms with Crippen LogP contribution in [0.2, 0.25) is 0 Å². The molecule has 1 aliphatic heterocycles. The lowest BCUT2D eigenvalue weighted by molar-refractivity contribution is 0.0667. The van der Waals surface area contributed by atoms with Crippen molar-refractivity contribution in [3.8, 4) is 0 Å². The lowest BCUT2D eigenvalue weighted by Crippen LogP contribution is -2.27. The first-order chi connectivity index (χ1) is 5.20. The van der Waals surface area contributed by atoms with Crippen molar-refractivity contribution in [3.63, 3.8) is 0 Å². The van der Waals surface area contributed by atoms with Crippen molar-refractivity contribution in [3.05, 3.63) is 0 Å². The number of ether oxygens (including phenoxy) is 1. The first-order valence-electron chi connectivity index (χ1n) is 4.50. The van der Waals surface area contributed by atoms with Gasteiger partial charge in [-0.25, -0.2) is 4.39 Å². The first-order valence-corrected chi connectivity index (χ1v) is 4.50. The first kappa shape index (κ1) is 9.11. The topological polar surface area (TPSA) is 9.23 Å². The van der Waals surface area contributed by atoms with Crippen LogP contribution in [0.3, 0.4) is 0 Å². The van der Waals surface area contributed by atoms with E-state index in [1.807, 2.05) is 21.6 Å². The van der Waals surface area contributed by atoms with Gasteiger partial charge in [0, 0.05) is 5.92 Å². The maximum atomic E-state index is 13.3. The van der Waals surface area contributed by atoms with Crippen molar-refractivity contribution in [2.24, 2.45) is 5.92 Å². The number of rotatable bonds is 2. The quantitative estimate of drug-likeness (QED) is 0.514. The predicted octanol–water partition coefficient (Wildman–Crippen LogP) is 0.0801. The van der Waals surface area contributed by atoms with Gasteiger partial charge in [-0.3, -0.25) is 0 Å². The standard InChI is InChI=1S/C7H15B2FO/c1-3-5-4(2)6(10)7(9-8)11-5/h4-7,9H,3,8H2,1-2H3/t4-,5+,6?,7+/m0/s1. The normalized spacial score (nSPS) is 44.3. The maximum Gasteiger partial charge on any atom is 0.123 e. The second-order valence-electron chi connectivity index (χ2n) is 3.33. The van der Waals surface area contributed by atoms with Crippen LogP contribution in [0.5, 0.6) is 0 Å². The summed E-state index contributed by atoms with van der Waals surface area (Å²) in [6.45, 7) is 3.99. The largest absolute Gasteiger partial charge is 0.381 e. The van der Waals surface area contributed by atoms with E-state index in [2.05, 4.69) is 0 Å². The third-order valence-electron chi connectivity index (χ3n) is 2.60. The van der Waals surface area contributed by atoms with Gasteiger partial charge in [0.05, 0.1) is 19.8 Å². The molecule has 1 nitrogen and oxygen atoms in total. The fraction of sp³-hybridized carbons (Fsp3) is 1.00. The van der Waals surface area contributed by atoms with Crippen LogP contribution in [0.4, 0.5) is 4.39 Å². The molecule has 0 N–H and O–H groups in total. The van der Waals surface area contributed by atoms with Gasteiger partial charge >= 0.3 is 0 Å². The third kappa shape index (κ3) is 1.61. The summed E-state index contributed by atoms with van der Waals surface area (Å²) in [6, 6.07) is -0.144. The number of hydrogen-bond donors (Lipinski definition) is 0.